The first kappa shape index (κ1) is 22.1. The first-order valence-electron chi connectivity index (χ1n) is 10.1. The van der Waals surface area contributed by atoms with E-state index in [9.17, 15) is 8.42 Å². The summed E-state index contributed by atoms with van der Waals surface area (Å²) in [5, 5.41) is 4.45. The van der Waals surface area contributed by atoms with Gasteiger partial charge in [-0.05, 0) is 62.3 Å². The van der Waals surface area contributed by atoms with Gasteiger partial charge in [-0.2, -0.15) is 5.10 Å². The molecule has 7 heteroatoms. The van der Waals surface area contributed by atoms with Gasteiger partial charge in [0.15, 0.2) is 0 Å². The number of anilines is 1. The van der Waals surface area contributed by atoms with Gasteiger partial charge in [0.1, 0.15) is 0 Å². The predicted octanol–water partition coefficient (Wildman–Crippen LogP) is 4.21. The van der Waals surface area contributed by atoms with Crippen molar-refractivity contribution in [3.63, 3.8) is 0 Å². The first-order chi connectivity index (χ1) is 14.2. The molecule has 2 aromatic carbocycles. The number of aryl methyl sites for hydroxylation is 2. The number of hydrogen-bond acceptors (Lipinski definition) is 4. The van der Waals surface area contributed by atoms with E-state index in [2.05, 4.69) is 33.8 Å². The maximum atomic E-state index is 13.0. The van der Waals surface area contributed by atoms with Gasteiger partial charge in [0.2, 0.25) is 0 Å². The molecule has 30 heavy (non-hydrogen) atoms. The van der Waals surface area contributed by atoms with Gasteiger partial charge in [0, 0.05) is 13.6 Å². The highest BCUT2D eigenvalue weighted by molar-refractivity contribution is 7.92. The molecule has 3 rings (SSSR count). The maximum absolute atomic E-state index is 13.0. The van der Waals surface area contributed by atoms with E-state index in [1.165, 1.54) is 5.56 Å². The topological polar surface area (TPSA) is 67.2 Å². The molecule has 3 aromatic rings. The molecule has 0 radical (unpaired) electrons. The first-order valence-corrected chi connectivity index (χ1v) is 11.6. The van der Waals surface area contributed by atoms with E-state index in [-0.39, 0.29) is 4.90 Å². The van der Waals surface area contributed by atoms with Crippen LogP contribution in [0.5, 0.6) is 0 Å². The summed E-state index contributed by atoms with van der Waals surface area (Å²) < 4.78 is 30.4. The third-order valence-corrected chi connectivity index (χ3v) is 6.42. The molecule has 0 unspecified atom stereocenters. The molecular weight excluding hydrogens is 396 g/mol. The summed E-state index contributed by atoms with van der Waals surface area (Å²) in [6.45, 7) is 4.77. The second-order valence-corrected chi connectivity index (χ2v) is 9.53. The van der Waals surface area contributed by atoms with Gasteiger partial charge < -0.3 is 4.90 Å². The van der Waals surface area contributed by atoms with Crippen LogP contribution in [0, 0.1) is 6.92 Å². The zero-order chi connectivity index (χ0) is 21.9. The van der Waals surface area contributed by atoms with Crippen LogP contribution in [-0.2, 0) is 30.0 Å². The molecule has 0 fully saturated rings. The lowest BCUT2D eigenvalue weighted by Gasteiger charge is -2.12. The summed E-state index contributed by atoms with van der Waals surface area (Å²) >= 11 is 0. The Morgan fingerprint density at radius 3 is 2.40 bits per heavy atom. The average Bonchev–Trinajstić information content (AvgIpc) is 2.95. The lowest BCUT2D eigenvalue weighted by Crippen LogP contribution is -2.14. The van der Waals surface area contributed by atoms with Crippen molar-refractivity contribution < 1.29 is 8.42 Å². The van der Waals surface area contributed by atoms with Crippen molar-refractivity contribution in [3.05, 3.63) is 65.5 Å². The smallest absolute Gasteiger partial charge is 0.262 e. The zero-order valence-corrected chi connectivity index (χ0v) is 19.1. The molecule has 6 nitrogen and oxygen atoms in total. The zero-order valence-electron chi connectivity index (χ0n) is 18.3. The normalized spacial score (nSPS) is 11.8. The van der Waals surface area contributed by atoms with Crippen LogP contribution in [0.4, 0.5) is 5.69 Å². The third-order valence-electron chi connectivity index (χ3n) is 5.05. The quantitative estimate of drug-likeness (QED) is 0.586. The minimum atomic E-state index is -3.70. The fourth-order valence-electron chi connectivity index (χ4n) is 3.46. The summed E-state index contributed by atoms with van der Waals surface area (Å²) in [6.07, 6.45) is 1.62. The molecule has 0 aliphatic carbocycles. The number of rotatable bonds is 8. The van der Waals surface area contributed by atoms with E-state index >= 15 is 0 Å². The Bertz CT molecular complexity index is 1120. The highest BCUT2D eigenvalue weighted by Gasteiger charge is 2.20. The van der Waals surface area contributed by atoms with Crippen molar-refractivity contribution in [1.82, 2.24) is 14.7 Å². The fourth-order valence-corrected chi connectivity index (χ4v) is 4.60. The fraction of sp³-hybridized carbons (Fsp3) is 0.348. The molecule has 0 saturated carbocycles. The number of aromatic nitrogens is 2. The van der Waals surface area contributed by atoms with E-state index in [4.69, 9.17) is 0 Å². The van der Waals surface area contributed by atoms with Crippen molar-refractivity contribution in [2.24, 2.45) is 7.05 Å². The SMILES string of the molecule is CCCc1nn(C)c(C)c1NS(=O)(=O)c1ccc(-c2cccc(CN(C)C)c2)cc1. The Kier molecular flexibility index (Phi) is 6.63. The number of nitrogens with zero attached hydrogens (tertiary/aromatic N) is 3. The highest BCUT2D eigenvalue weighted by Crippen LogP contribution is 2.27. The second kappa shape index (κ2) is 9.02. The Hall–Kier alpha value is -2.64. The van der Waals surface area contributed by atoms with Gasteiger partial charge in [-0.1, -0.05) is 43.7 Å². The van der Waals surface area contributed by atoms with Crippen LogP contribution in [0.3, 0.4) is 0 Å². The molecule has 0 atom stereocenters. The molecule has 1 heterocycles. The highest BCUT2D eigenvalue weighted by atomic mass is 32.2. The van der Waals surface area contributed by atoms with E-state index in [0.29, 0.717) is 5.69 Å². The van der Waals surface area contributed by atoms with Gasteiger partial charge >= 0.3 is 0 Å². The molecule has 0 spiro atoms. The number of sulfonamides is 1. The largest absolute Gasteiger partial charge is 0.305 e. The van der Waals surface area contributed by atoms with E-state index in [1.54, 1.807) is 16.8 Å². The lowest BCUT2D eigenvalue weighted by atomic mass is 10.0. The predicted molar refractivity (Wildman–Crippen MR) is 122 cm³/mol. The van der Waals surface area contributed by atoms with Gasteiger partial charge in [0.05, 0.1) is 22.0 Å². The van der Waals surface area contributed by atoms with Gasteiger partial charge in [-0.3, -0.25) is 9.40 Å². The Morgan fingerprint density at radius 1 is 1.07 bits per heavy atom. The minimum Gasteiger partial charge on any atom is -0.305 e. The molecule has 0 aliphatic heterocycles. The van der Waals surface area contributed by atoms with Crippen LogP contribution in [0.15, 0.2) is 53.4 Å². The van der Waals surface area contributed by atoms with Crippen molar-refractivity contribution in [3.8, 4) is 11.1 Å². The van der Waals surface area contributed by atoms with E-state index < -0.39 is 10.0 Å². The van der Waals surface area contributed by atoms with Crippen LogP contribution in [0.1, 0.15) is 30.3 Å². The van der Waals surface area contributed by atoms with E-state index in [1.807, 2.05) is 52.3 Å². The van der Waals surface area contributed by atoms with Crippen molar-refractivity contribution in [2.75, 3.05) is 18.8 Å². The van der Waals surface area contributed by atoms with Crippen LogP contribution in [0.25, 0.3) is 11.1 Å². The summed E-state index contributed by atoms with van der Waals surface area (Å²) in [7, 11) is 2.20. The molecule has 1 N–H and O–H groups in total. The van der Waals surface area contributed by atoms with Crippen molar-refractivity contribution >= 4 is 15.7 Å². The molecule has 0 amide bonds. The molecule has 0 aliphatic rings. The van der Waals surface area contributed by atoms with Gasteiger partial charge in [0.25, 0.3) is 10.0 Å². The molecule has 1 aromatic heterocycles. The number of hydrogen-bond donors (Lipinski definition) is 1. The Labute approximate surface area is 179 Å². The monoisotopic (exact) mass is 426 g/mol. The van der Waals surface area contributed by atoms with Crippen LogP contribution in [-0.4, -0.2) is 37.2 Å². The molecule has 0 saturated heterocycles. The lowest BCUT2D eigenvalue weighted by molar-refractivity contribution is 0.402. The van der Waals surface area contributed by atoms with Gasteiger partial charge in [-0.25, -0.2) is 8.42 Å². The van der Waals surface area contributed by atoms with Crippen LogP contribution < -0.4 is 4.72 Å². The average molecular weight is 427 g/mol. The molecule has 0 bridgehead atoms. The minimum absolute atomic E-state index is 0.237. The third kappa shape index (κ3) is 4.91. The summed E-state index contributed by atoms with van der Waals surface area (Å²) in [6, 6.07) is 15.3. The number of nitrogens with one attached hydrogen (secondary N) is 1. The maximum Gasteiger partial charge on any atom is 0.262 e. The summed E-state index contributed by atoms with van der Waals surface area (Å²) in [5.74, 6) is 0. The van der Waals surface area contributed by atoms with E-state index in [0.717, 1.165) is 41.9 Å². The van der Waals surface area contributed by atoms with Crippen LogP contribution >= 0.6 is 0 Å². The number of benzene rings is 2. The second-order valence-electron chi connectivity index (χ2n) is 7.85. The van der Waals surface area contributed by atoms with Crippen molar-refractivity contribution in [2.45, 2.75) is 38.1 Å². The summed E-state index contributed by atoms with van der Waals surface area (Å²) in [4.78, 5) is 2.36. The van der Waals surface area contributed by atoms with Crippen molar-refractivity contribution in [1.29, 1.82) is 0 Å². The van der Waals surface area contributed by atoms with Crippen LogP contribution in [0.2, 0.25) is 0 Å². The Morgan fingerprint density at radius 2 is 1.77 bits per heavy atom. The van der Waals surface area contributed by atoms with Gasteiger partial charge in [-0.15, -0.1) is 0 Å². The molecular formula is C23H30N4O2S. The summed E-state index contributed by atoms with van der Waals surface area (Å²) in [5.41, 5.74) is 5.43. The molecule has 160 valence electrons. The standard InChI is InChI=1S/C23H30N4O2S/c1-6-8-22-23(17(2)27(5)24-22)25-30(28,29)21-13-11-19(12-14-21)20-10-7-9-18(15-20)16-26(3)4/h7,9-15,25H,6,8,16H2,1-5H3. The Balaban J connectivity index is 1.86.